The van der Waals surface area contributed by atoms with E-state index in [0.717, 1.165) is 48.6 Å². The van der Waals surface area contributed by atoms with E-state index in [2.05, 4.69) is 46.4 Å². The van der Waals surface area contributed by atoms with Crippen LogP contribution >= 0.6 is 0 Å². The van der Waals surface area contributed by atoms with Crippen LogP contribution in [0.4, 0.5) is 5.69 Å². The van der Waals surface area contributed by atoms with Gasteiger partial charge in [-0.25, -0.2) is 0 Å². The highest BCUT2D eigenvalue weighted by Gasteiger charge is 2.14. The van der Waals surface area contributed by atoms with Crippen LogP contribution in [-0.4, -0.2) is 50.6 Å². The second-order valence-electron chi connectivity index (χ2n) is 7.29. The molecule has 0 saturated carbocycles. The quantitative estimate of drug-likeness (QED) is 0.853. The maximum atomic E-state index is 12.1. The Labute approximate surface area is 161 Å². The van der Waals surface area contributed by atoms with Gasteiger partial charge in [0.2, 0.25) is 0 Å². The Morgan fingerprint density at radius 2 is 1.74 bits per heavy atom. The maximum absolute atomic E-state index is 12.1. The Morgan fingerprint density at radius 3 is 2.44 bits per heavy atom. The largest absolute Gasteiger partial charge is 0.483 e. The van der Waals surface area contributed by atoms with Crippen molar-refractivity contribution >= 4 is 11.6 Å². The van der Waals surface area contributed by atoms with Gasteiger partial charge >= 0.3 is 0 Å². The third kappa shape index (κ3) is 5.47. The smallest absolute Gasteiger partial charge is 0.258 e. The van der Waals surface area contributed by atoms with Crippen LogP contribution in [0.1, 0.15) is 16.7 Å². The van der Waals surface area contributed by atoms with E-state index in [9.17, 15) is 4.79 Å². The minimum absolute atomic E-state index is 0.0314. The lowest BCUT2D eigenvalue weighted by atomic mass is 10.1. The third-order valence-corrected chi connectivity index (χ3v) is 5.00. The summed E-state index contributed by atoms with van der Waals surface area (Å²) in [6.45, 7) is 8.84. The number of benzene rings is 2. The molecule has 2 aromatic rings. The predicted molar refractivity (Wildman–Crippen MR) is 109 cm³/mol. The predicted octanol–water partition coefficient (Wildman–Crippen LogP) is 2.75. The number of nitrogens with one attached hydrogen (secondary N) is 1. The van der Waals surface area contributed by atoms with Crippen LogP contribution in [0.5, 0.6) is 5.75 Å². The van der Waals surface area contributed by atoms with Gasteiger partial charge in [-0.3, -0.25) is 4.79 Å². The highest BCUT2D eigenvalue weighted by atomic mass is 16.5. The summed E-state index contributed by atoms with van der Waals surface area (Å²) in [5, 5.41) is 2.92. The normalized spacial score (nSPS) is 14.9. The molecule has 0 atom stereocenters. The Morgan fingerprint density at radius 1 is 1.04 bits per heavy atom. The monoisotopic (exact) mass is 367 g/mol. The lowest BCUT2D eigenvalue weighted by molar-refractivity contribution is -0.123. The highest BCUT2D eigenvalue weighted by Crippen LogP contribution is 2.19. The number of carbonyl (C=O) groups excluding carboxylic acids is 1. The van der Waals surface area contributed by atoms with Gasteiger partial charge in [-0.15, -0.1) is 0 Å². The number of nitrogens with zero attached hydrogens (tertiary/aromatic N) is 2. The summed E-state index contributed by atoms with van der Waals surface area (Å²) >= 11 is 0. The first-order valence-electron chi connectivity index (χ1n) is 9.50. The fraction of sp³-hybridized carbons (Fsp3) is 0.409. The van der Waals surface area contributed by atoms with Crippen LogP contribution in [-0.2, 0) is 11.3 Å². The third-order valence-electron chi connectivity index (χ3n) is 5.00. The molecule has 1 N–H and O–H groups in total. The zero-order chi connectivity index (χ0) is 19.2. The van der Waals surface area contributed by atoms with Gasteiger partial charge in [-0.1, -0.05) is 24.3 Å². The van der Waals surface area contributed by atoms with Crippen molar-refractivity contribution in [1.82, 2.24) is 10.2 Å². The van der Waals surface area contributed by atoms with Crippen molar-refractivity contribution in [1.29, 1.82) is 0 Å². The lowest BCUT2D eigenvalue weighted by Crippen LogP contribution is -2.44. The average molecular weight is 367 g/mol. The van der Waals surface area contributed by atoms with Crippen LogP contribution in [0.25, 0.3) is 0 Å². The summed E-state index contributed by atoms with van der Waals surface area (Å²) in [6, 6.07) is 14.4. The Hall–Kier alpha value is -2.53. The van der Waals surface area contributed by atoms with Gasteiger partial charge in [-0.2, -0.15) is 0 Å². The zero-order valence-electron chi connectivity index (χ0n) is 16.5. The van der Waals surface area contributed by atoms with Crippen LogP contribution < -0.4 is 15.0 Å². The van der Waals surface area contributed by atoms with E-state index in [-0.39, 0.29) is 12.5 Å². The second kappa shape index (κ2) is 8.91. The molecule has 1 saturated heterocycles. The Bertz CT molecular complexity index is 766. The number of ether oxygens (including phenoxy) is 1. The van der Waals surface area contributed by atoms with Gasteiger partial charge in [-0.05, 0) is 55.8 Å². The van der Waals surface area contributed by atoms with E-state index in [1.54, 1.807) is 0 Å². The van der Waals surface area contributed by atoms with E-state index in [0.29, 0.717) is 6.54 Å². The Balaban J connectivity index is 1.45. The van der Waals surface area contributed by atoms with E-state index in [1.807, 2.05) is 32.0 Å². The number of carbonyl (C=O) groups is 1. The minimum Gasteiger partial charge on any atom is -0.483 e. The summed E-state index contributed by atoms with van der Waals surface area (Å²) in [5.41, 5.74) is 4.49. The highest BCUT2D eigenvalue weighted by molar-refractivity contribution is 5.77. The number of aryl methyl sites for hydroxylation is 2. The van der Waals surface area contributed by atoms with Crippen LogP contribution in [0.3, 0.4) is 0 Å². The first-order valence-corrected chi connectivity index (χ1v) is 9.50. The van der Waals surface area contributed by atoms with Crippen LogP contribution in [0, 0.1) is 13.8 Å². The van der Waals surface area contributed by atoms with Crippen molar-refractivity contribution in [3.8, 4) is 5.75 Å². The molecule has 0 unspecified atom stereocenters. The number of amides is 1. The van der Waals surface area contributed by atoms with Crippen LogP contribution in [0.2, 0.25) is 0 Å². The molecule has 1 fully saturated rings. The molecule has 3 rings (SSSR count). The van der Waals surface area contributed by atoms with Gasteiger partial charge in [0.25, 0.3) is 5.91 Å². The number of rotatable bonds is 6. The number of likely N-dealkylation sites (N-methyl/N-ethyl adjacent to an activating group) is 1. The van der Waals surface area contributed by atoms with Crippen molar-refractivity contribution in [2.75, 3.05) is 44.7 Å². The van der Waals surface area contributed by atoms with E-state index < -0.39 is 0 Å². The Kier molecular flexibility index (Phi) is 6.35. The molecular formula is C22H29N3O2. The first-order chi connectivity index (χ1) is 13.0. The van der Waals surface area contributed by atoms with Crippen molar-refractivity contribution in [3.63, 3.8) is 0 Å². The fourth-order valence-corrected chi connectivity index (χ4v) is 3.15. The molecule has 2 aromatic carbocycles. The van der Waals surface area contributed by atoms with Gasteiger partial charge in [0.1, 0.15) is 5.75 Å². The average Bonchev–Trinajstić information content (AvgIpc) is 2.68. The standard InChI is InChI=1S/C22H29N3O2/c1-17-4-5-18(2)21(14-17)27-16-22(26)23-15-19-6-8-20(9-7-19)25-12-10-24(3)11-13-25/h4-9,14H,10-13,15-16H2,1-3H3,(H,23,26). The molecule has 27 heavy (non-hydrogen) atoms. The van der Waals surface area contributed by atoms with Gasteiger partial charge < -0.3 is 19.9 Å². The van der Waals surface area contributed by atoms with Crippen molar-refractivity contribution in [2.24, 2.45) is 0 Å². The van der Waals surface area contributed by atoms with Crippen molar-refractivity contribution in [3.05, 3.63) is 59.2 Å². The molecule has 1 aliphatic rings. The summed E-state index contributed by atoms with van der Waals surface area (Å²) in [7, 11) is 2.16. The molecule has 5 heteroatoms. The maximum Gasteiger partial charge on any atom is 0.258 e. The number of piperazine rings is 1. The topological polar surface area (TPSA) is 44.8 Å². The molecule has 1 amide bonds. The summed E-state index contributed by atoms with van der Waals surface area (Å²) in [6.07, 6.45) is 0. The SMILES string of the molecule is Cc1ccc(C)c(OCC(=O)NCc2ccc(N3CCN(C)CC3)cc2)c1. The minimum atomic E-state index is -0.112. The molecule has 5 nitrogen and oxygen atoms in total. The second-order valence-corrected chi connectivity index (χ2v) is 7.29. The summed E-state index contributed by atoms with van der Waals surface area (Å²) in [4.78, 5) is 16.8. The zero-order valence-corrected chi connectivity index (χ0v) is 16.5. The molecule has 0 radical (unpaired) electrons. The lowest BCUT2D eigenvalue weighted by Gasteiger charge is -2.34. The fourth-order valence-electron chi connectivity index (χ4n) is 3.15. The molecule has 144 valence electrons. The van der Waals surface area contributed by atoms with Crippen LogP contribution in [0.15, 0.2) is 42.5 Å². The number of hydrogen-bond acceptors (Lipinski definition) is 4. The van der Waals surface area contributed by atoms with Gasteiger partial charge in [0, 0.05) is 38.4 Å². The first kappa shape index (κ1) is 19.2. The number of anilines is 1. The van der Waals surface area contributed by atoms with Crippen molar-refractivity contribution < 1.29 is 9.53 Å². The summed E-state index contributed by atoms with van der Waals surface area (Å²) < 4.78 is 5.65. The number of hydrogen-bond donors (Lipinski definition) is 1. The molecule has 0 spiro atoms. The van der Waals surface area contributed by atoms with Gasteiger partial charge in [0.15, 0.2) is 6.61 Å². The molecule has 0 aliphatic carbocycles. The van der Waals surface area contributed by atoms with E-state index in [4.69, 9.17) is 4.74 Å². The molecule has 1 heterocycles. The van der Waals surface area contributed by atoms with Crippen molar-refractivity contribution in [2.45, 2.75) is 20.4 Å². The molecule has 0 aromatic heterocycles. The molecular weight excluding hydrogens is 338 g/mol. The molecule has 1 aliphatic heterocycles. The van der Waals surface area contributed by atoms with Gasteiger partial charge in [0.05, 0.1) is 0 Å². The van der Waals surface area contributed by atoms with E-state index in [1.165, 1.54) is 5.69 Å². The van der Waals surface area contributed by atoms with E-state index >= 15 is 0 Å². The summed E-state index contributed by atoms with van der Waals surface area (Å²) in [5.74, 6) is 0.653. The molecule has 0 bridgehead atoms.